The Kier molecular flexibility index (Phi) is 10.9. The van der Waals surface area contributed by atoms with E-state index in [0.717, 1.165) is 0 Å². The third-order valence-corrected chi connectivity index (χ3v) is 1.02. The molecular formula is C9H12ArO2. The Labute approximate surface area is 103 Å². The third-order valence-electron chi connectivity index (χ3n) is 1.02. The van der Waals surface area contributed by atoms with Crippen LogP contribution >= 0.6 is 0 Å². The van der Waals surface area contributed by atoms with Gasteiger partial charge in [-0.15, -0.1) is 0 Å². The number of carbonyl (C=O) groups is 1. The predicted molar refractivity (Wildman–Crippen MR) is 44.7 cm³/mol. The molecule has 12 heavy (non-hydrogen) atoms. The fraction of sp³-hybridized carbons (Fsp3) is 0.222. The minimum absolute atomic E-state index is 0. The average Bonchev–Trinajstić information content (AvgIpc) is 2.10. The van der Waals surface area contributed by atoms with E-state index in [-0.39, 0.29) is 37.7 Å². The number of carboxylic acids is 1. The van der Waals surface area contributed by atoms with Crippen molar-refractivity contribution in [1.82, 2.24) is 0 Å². The summed E-state index contributed by atoms with van der Waals surface area (Å²) >= 11 is 0. The molecule has 0 heterocycles. The van der Waals surface area contributed by atoms with E-state index in [1.807, 2.05) is 13.8 Å². The van der Waals surface area contributed by atoms with Crippen molar-refractivity contribution in [2.45, 2.75) is 13.8 Å². The maximum absolute atomic E-state index is 10.2. The summed E-state index contributed by atoms with van der Waals surface area (Å²) in [4.78, 5) is 10.2. The molecule has 1 rings (SSSR count). The molecule has 0 spiro atoms. The Balaban J connectivity index is 0. The van der Waals surface area contributed by atoms with Crippen LogP contribution in [-0.2, 0) is 0 Å². The van der Waals surface area contributed by atoms with E-state index in [4.69, 9.17) is 5.11 Å². The van der Waals surface area contributed by atoms with Gasteiger partial charge in [0.15, 0.2) is 0 Å². The van der Waals surface area contributed by atoms with Crippen molar-refractivity contribution in [3.63, 3.8) is 0 Å². The van der Waals surface area contributed by atoms with Gasteiger partial charge in [0.1, 0.15) is 0 Å². The zero-order valence-electron chi connectivity index (χ0n) is 7.10. The van der Waals surface area contributed by atoms with Crippen LogP contribution in [0, 0.1) is 37.7 Å². The van der Waals surface area contributed by atoms with Crippen molar-refractivity contribution in [2.24, 2.45) is 0 Å². The average molecular weight is 192 g/mol. The normalized spacial score (nSPS) is 7.17. The fourth-order valence-corrected chi connectivity index (χ4v) is 0.581. The first kappa shape index (κ1) is 14.5. The molecule has 0 bridgehead atoms. The minimum atomic E-state index is -0.879. The van der Waals surface area contributed by atoms with Crippen LogP contribution in [0.4, 0.5) is 0 Å². The minimum Gasteiger partial charge on any atom is -0.478 e. The van der Waals surface area contributed by atoms with Crippen molar-refractivity contribution >= 4 is 5.97 Å². The Morgan fingerprint density at radius 2 is 1.58 bits per heavy atom. The number of carboxylic acid groups (broad SMARTS) is 1. The first-order valence-electron chi connectivity index (χ1n) is 3.59. The van der Waals surface area contributed by atoms with Crippen LogP contribution in [0.5, 0.6) is 0 Å². The second kappa shape index (κ2) is 9.04. The van der Waals surface area contributed by atoms with Gasteiger partial charge in [0, 0.05) is 37.7 Å². The molecular weight excluding hydrogens is 180 g/mol. The van der Waals surface area contributed by atoms with Gasteiger partial charge in [-0.2, -0.15) is 0 Å². The summed E-state index contributed by atoms with van der Waals surface area (Å²) in [5.41, 5.74) is 0.331. The zero-order chi connectivity index (χ0) is 8.69. The van der Waals surface area contributed by atoms with Crippen molar-refractivity contribution < 1.29 is 47.6 Å². The van der Waals surface area contributed by atoms with Gasteiger partial charge in [-0.05, 0) is 12.1 Å². The molecule has 1 aromatic carbocycles. The Hall–Kier alpha value is -0.0503. The number of rotatable bonds is 1. The fourth-order valence-electron chi connectivity index (χ4n) is 0.581. The smallest absolute Gasteiger partial charge is 0.335 e. The standard InChI is InChI=1S/C7H6O2.C2H6.Ar/c8-7(9)6-4-2-1-3-5-6;1-2;/h1-5H,(H,8,9);1-2H3;. The Bertz CT molecular complexity index is 209. The predicted octanol–water partition coefficient (Wildman–Crippen LogP) is 2.41. The molecule has 0 atom stereocenters. The molecule has 1 N–H and O–H groups in total. The van der Waals surface area contributed by atoms with Gasteiger partial charge in [0.05, 0.1) is 5.56 Å². The van der Waals surface area contributed by atoms with Gasteiger partial charge in [0.2, 0.25) is 0 Å². The molecule has 3 heteroatoms. The van der Waals surface area contributed by atoms with Crippen molar-refractivity contribution in [3.8, 4) is 0 Å². The topological polar surface area (TPSA) is 37.3 Å². The molecule has 0 aliphatic heterocycles. The van der Waals surface area contributed by atoms with E-state index in [2.05, 4.69) is 0 Å². The van der Waals surface area contributed by atoms with Gasteiger partial charge in [-0.25, -0.2) is 4.79 Å². The summed E-state index contributed by atoms with van der Waals surface area (Å²) < 4.78 is 0. The number of hydrogen-bond acceptors (Lipinski definition) is 1. The molecule has 0 aliphatic carbocycles. The first-order valence-corrected chi connectivity index (χ1v) is 3.59. The van der Waals surface area contributed by atoms with Crippen LogP contribution in [0.3, 0.4) is 0 Å². The molecule has 1 aromatic rings. The van der Waals surface area contributed by atoms with Crippen molar-refractivity contribution in [3.05, 3.63) is 35.9 Å². The first-order chi connectivity index (χ1) is 5.30. The molecule has 0 saturated heterocycles. The molecule has 0 radical (unpaired) electrons. The molecule has 0 aliphatic rings. The molecule has 2 nitrogen and oxygen atoms in total. The van der Waals surface area contributed by atoms with E-state index in [9.17, 15) is 4.79 Å². The van der Waals surface area contributed by atoms with E-state index in [1.165, 1.54) is 0 Å². The van der Waals surface area contributed by atoms with Crippen LogP contribution in [0.2, 0.25) is 0 Å². The van der Waals surface area contributed by atoms with Crippen LogP contribution in [0.1, 0.15) is 24.2 Å². The van der Waals surface area contributed by atoms with Gasteiger partial charge >= 0.3 is 5.97 Å². The van der Waals surface area contributed by atoms with Crippen LogP contribution in [-0.4, -0.2) is 11.1 Å². The zero-order valence-corrected chi connectivity index (χ0v) is 7.80. The van der Waals surface area contributed by atoms with Gasteiger partial charge < -0.3 is 5.11 Å². The summed E-state index contributed by atoms with van der Waals surface area (Å²) in [5, 5.41) is 8.38. The molecule has 0 saturated carbocycles. The number of benzene rings is 1. The Morgan fingerprint density at radius 1 is 1.17 bits per heavy atom. The Morgan fingerprint density at radius 3 is 1.83 bits per heavy atom. The quantitative estimate of drug-likeness (QED) is 0.741. The van der Waals surface area contributed by atoms with Gasteiger partial charge in [-0.1, -0.05) is 32.0 Å². The molecule has 0 fully saturated rings. The summed E-state index contributed by atoms with van der Waals surface area (Å²) in [6, 6.07) is 8.30. The second-order valence-corrected chi connectivity index (χ2v) is 1.67. The van der Waals surface area contributed by atoms with E-state index in [0.29, 0.717) is 5.56 Å². The molecule has 0 aromatic heterocycles. The van der Waals surface area contributed by atoms with Crippen molar-refractivity contribution in [1.29, 1.82) is 0 Å². The summed E-state index contributed by atoms with van der Waals surface area (Å²) in [6.45, 7) is 4.00. The SMILES string of the molecule is CC.O=C(O)c1ccccc1.[Ar]. The van der Waals surface area contributed by atoms with Gasteiger partial charge in [-0.3, -0.25) is 0 Å². The van der Waals surface area contributed by atoms with Gasteiger partial charge in [0.25, 0.3) is 0 Å². The van der Waals surface area contributed by atoms with Crippen LogP contribution < -0.4 is 0 Å². The van der Waals surface area contributed by atoms with E-state index >= 15 is 0 Å². The maximum Gasteiger partial charge on any atom is 0.335 e. The van der Waals surface area contributed by atoms with Crippen LogP contribution in [0.15, 0.2) is 30.3 Å². The van der Waals surface area contributed by atoms with E-state index < -0.39 is 5.97 Å². The molecule has 0 amide bonds. The van der Waals surface area contributed by atoms with Crippen molar-refractivity contribution in [2.75, 3.05) is 0 Å². The summed E-state index contributed by atoms with van der Waals surface area (Å²) in [7, 11) is 0. The third kappa shape index (κ3) is 5.58. The maximum atomic E-state index is 10.2. The second-order valence-electron chi connectivity index (χ2n) is 1.67. The largest absolute Gasteiger partial charge is 0.478 e. The summed E-state index contributed by atoms with van der Waals surface area (Å²) in [5.74, 6) is -0.879. The molecule has 0 unspecified atom stereocenters. The number of aromatic carboxylic acids is 1. The van der Waals surface area contributed by atoms with E-state index in [1.54, 1.807) is 30.3 Å². The monoisotopic (exact) mass is 192 g/mol. The summed E-state index contributed by atoms with van der Waals surface area (Å²) in [6.07, 6.45) is 0. The van der Waals surface area contributed by atoms with Crippen LogP contribution in [0.25, 0.3) is 0 Å². The number of hydrogen-bond donors (Lipinski definition) is 1. The molecule has 68 valence electrons.